The van der Waals surface area contributed by atoms with Gasteiger partial charge >= 0.3 is 0 Å². The van der Waals surface area contributed by atoms with Gasteiger partial charge in [-0.15, -0.1) is 0 Å². The van der Waals surface area contributed by atoms with Crippen LogP contribution in [-0.2, 0) is 4.79 Å². The molecule has 0 saturated heterocycles. The van der Waals surface area contributed by atoms with Gasteiger partial charge in [0.2, 0.25) is 0 Å². The number of ether oxygens (including phenoxy) is 2. The minimum absolute atomic E-state index is 0.0157. The summed E-state index contributed by atoms with van der Waals surface area (Å²) < 4.78 is 11.2. The van der Waals surface area contributed by atoms with E-state index >= 15 is 0 Å². The molecule has 4 bridgehead atoms. The summed E-state index contributed by atoms with van der Waals surface area (Å²) in [5, 5.41) is 12.3. The van der Waals surface area contributed by atoms with Crippen molar-refractivity contribution in [3.05, 3.63) is 23.8 Å². The molecular formula is C21H26N2O3. The van der Waals surface area contributed by atoms with Gasteiger partial charge in [-0.1, -0.05) is 0 Å². The van der Waals surface area contributed by atoms with E-state index in [0.717, 1.165) is 37.0 Å². The van der Waals surface area contributed by atoms with Crippen LogP contribution in [0.5, 0.6) is 11.5 Å². The van der Waals surface area contributed by atoms with Gasteiger partial charge in [0.1, 0.15) is 0 Å². The number of carbonyl (C=O) groups excluding carboxylic acids is 1. The summed E-state index contributed by atoms with van der Waals surface area (Å²) in [6, 6.07) is 7.05. The average molecular weight is 354 g/mol. The summed E-state index contributed by atoms with van der Waals surface area (Å²) in [4.78, 5) is 12.8. The first-order valence-corrected chi connectivity index (χ1v) is 9.57. The molecule has 4 saturated carbocycles. The highest BCUT2D eigenvalue weighted by molar-refractivity contribution is 5.81. The van der Waals surface area contributed by atoms with Crippen molar-refractivity contribution < 1.29 is 14.3 Å². The Balaban J connectivity index is 1.43. The Hall–Kier alpha value is -2.22. The van der Waals surface area contributed by atoms with Gasteiger partial charge in [0.05, 0.1) is 18.7 Å². The first-order valence-electron chi connectivity index (χ1n) is 9.57. The summed E-state index contributed by atoms with van der Waals surface area (Å²) in [5.74, 6) is 3.26. The minimum atomic E-state index is -0.607. The van der Waals surface area contributed by atoms with E-state index in [9.17, 15) is 4.79 Å². The maximum Gasteiger partial charge on any atom is 0.261 e. The lowest BCUT2D eigenvalue weighted by Crippen LogP contribution is -2.61. The Kier molecular flexibility index (Phi) is 4.30. The number of hydrogen-bond acceptors (Lipinski definition) is 4. The first kappa shape index (κ1) is 17.2. The summed E-state index contributed by atoms with van der Waals surface area (Å²) in [7, 11) is 1.53. The third-order valence-corrected chi connectivity index (χ3v) is 6.39. The predicted octanol–water partition coefficient (Wildman–Crippen LogP) is 3.42. The van der Waals surface area contributed by atoms with Gasteiger partial charge in [0.15, 0.2) is 17.6 Å². The van der Waals surface area contributed by atoms with Gasteiger partial charge in [-0.3, -0.25) is 4.79 Å². The number of benzene rings is 1. The fourth-order valence-electron chi connectivity index (χ4n) is 5.71. The second-order valence-electron chi connectivity index (χ2n) is 8.42. The predicted molar refractivity (Wildman–Crippen MR) is 96.8 cm³/mol. The van der Waals surface area contributed by atoms with Crippen LogP contribution in [0.1, 0.15) is 51.0 Å². The topological polar surface area (TPSA) is 71.3 Å². The van der Waals surface area contributed by atoms with E-state index < -0.39 is 6.10 Å². The van der Waals surface area contributed by atoms with Crippen molar-refractivity contribution in [2.45, 2.75) is 57.1 Å². The number of hydrogen-bond donors (Lipinski definition) is 1. The van der Waals surface area contributed by atoms with Crippen LogP contribution in [0, 0.1) is 29.1 Å². The summed E-state index contributed by atoms with van der Waals surface area (Å²) in [6.07, 6.45) is 6.81. The number of nitrogens with one attached hydrogen (secondary N) is 1. The molecule has 0 heterocycles. The van der Waals surface area contributed by atoms with Crippen LogP contribution in [0.4, 0.5) is 0 Å². The lowest BCUT2D eigenvalue weighted by atomic mass is 9.53. The second kappa shape index (κ2) is 6.50. The molecule has 1 amide bonds. The van der Waals surface area contributed by atoms with E-state index in [2.05, 4.69) is 11.4 Å². The summed E-state index contributed by atoms with van der Waals surface area (Å²) in [5.41, 5.74) is 0.484. The van der Waals surface area contributed by atoms with E-state index in [4.69, 9.17) is 14.7 Å². The van der Waals surface area contributed by atoms with Gasteiger partial charge in [-0.05, 0) is 75.3 Å². The molecule has 26 heavy (non-hydrogen) atoms. The maximum atomic E-state index is 12.8. The van der Waals surface area contributed by atoms with Gasteiger partial charge < -0.3 is 14.8 Å². The van der Waals surface area contributed by atoms with Crippen molar-refractivity contribution in [2.24, 2.45) is 17.8 Å². The Labute approximate surface area is 154 Å². The van der Waals surface area contributed by atoms with Crippen molar-refractivity contribution in [2.75, 3.05) is 7.11 Å². The van der Waals surface area contributed by atoms with Crippen LogP contribution in [0.15, 0.2) is 18.2 Å². The van der Waals surface area contributed by atoms with Crippen molar-refractivity contribution in [3.8, 4) is 17.6 Å². The lowest BCUT2D eigenvalue weighted by Gasteiger charge is -2.57. The highest BCUT2D eigenvalue weighted by atomic mass is 16.5. The van der Waals surface area contributed by atoms with E-state index in [-0.39, 0.29) is 11.4 Å². The zero-order valence-electron chi connectivity index (χ0n) is 15.5. The number of nitriles is 1. The smallest absolute Gasteiger partial charge is 0.261 e. The second-order valence-corrected chi connectivity index (χ2v) is 8.42. The maximum absolute atomic E-state index is 12.8. The molecule has 0 spiro atoms. The Bertz CT molecular complexity index is 717. The Morgan fingerprint density at radius 3 is 2.35 bits per heavy atom. The van der Waals surface area contributed by atoms with Crippen LogP contribution in [0.2, 0.25) is 0 Å². The zero-order chi connectivity index (χ0) is 18.3. The molecule has 1 aromatic rings. The number of nitrogens with zero attached hydrogens (tertiary/aromatic N) is 1. The lowest BCUT2D eigenvalue weighted by molar-refractivity contribution is -0.133. The van der Waals surface area contributed by atoms with Gasteiger partial charge in [0, 0.05) is 11.6 Å². The van der Waals surface area contributed by atoms with Crippen molar-refractivity contribution in [1.29, 1.82) is 5.26 Å². The van der Waals surface area contributed by atoms with E-state index in [1.807, 2.05) is 0 Å². The van der Waals surface area contributed by atoms with Crippen molar-refractivity contribution in [3.63, 3.8) is 0 Å². The van der Waals surface area contributed by atoms with Crippen LogP contribution in [-0.4, -0.2) is 24.7 Å². The molecule has 5 rings (SSSR count). The number of rotatable bonds is 5. The fraction of sp³-hybridized carbons (Fsp3) is 0.619. The molecule has 1 atom stereocenters. The van der Waals surface area contributed by atoms with E-state index in [1.54, 1.807) is 25.1 Å². The number of amides is 1. The normalized spacial score (nSPS) is 32.6. The molecule has 4 aliphatic rings. The number of methoxy groups -OCH3 is 1. The molecular weight excluding hydrogens is 328 g/mol. The standard InChI is InChI=1S/C21H26N2O3/c1-13(26-18-4-3-14(12-22)8-19(18)25-2)20(24)23-21-9-15-5-16(10-21)7-17(6-15)11-21/h3-4,8,13,15-17H,5-7,9-11H2,1-2H3,(H,23,24)/t13-,15?,16?,17?,21?/m1/s1. The highest BCUT2D eigenvalue weighted by Crippen LogP contribution is 2.55. The molecule has 0 aliphatic heterocycles. The van der Waals surface area contributed by atoms with Gasteiger partial charge in [-0.2, -0.15) is 5.26 Å². The van der Waals surface area contributed by atoms with Crippen molar-refractivity contribution in [1.82, 2.24) is 5.32 Å². The monoisotopic (exact) mass is 354 g/mol. The molecule has 1 N–H and O–H groups in total. The van der Waals surface area contributed by atoms with E-state index in [1.165, 1.54) is 26.4 Å². The summed E-state index contributed by atoms with van der Waals surface area (Å²) in [6.45, 7) is 1.77. The van der Waals surface area contributed by atoms with E-state index in [0.29, 0.717) is 17.1 Å². The van der Waals surface area contributed by atoms with Gasteiger partial charge in [0.25, 0.3) is 5.91 Å². The molecule has 5 heteroatoms. The molecule has 4 aliphatic carbocycles. The largest absolute Gasteiger partial charge is 0.493 e. The molecule has 4 fully saturated rings. The summed E-state index contributed by atoms with van der Waals surface area (Å²) >= 11 is 0. The average Bonchev–Trinajstić information content (AvgIpc) is 2.60. The quantitative estimate of drug-likeness (QED) is 0.879. The van der Waals surface area contributed by atoms with Crippen LogP contribution >= 0.6 is 0 Å². The minimum Gasteiger partial charge on any atom is -0.493 e. The fourth-order valence-corrected chi connectivity index (χ4v) is 5.71. The molecule has 0 aromatic heterocycles. The van der Waals surface area contributed by atoms with Crippen molar-refractivity contribution >= 4 is 5.91 Å². The molecule has 1 aromatic carbocycles. The third-order valence-electron chi connectivity index (χ3n) is 6.39. The SMILES string of the molecule is COc1cc(C#N)ccc1O[C@H](C)C(=O)NC12CC3CC(CC(C3)C1)C2. The Morgan fingerprint density at radius 1 is 1.19 bits per heavy atom. The Morgan fingerprint density at radius 2 is 1.81 bits per heavy atom. The molecule has 138 valence electrons. The van der Waals surface area contributed by atoms with Crippen LogP contribution < -0.4 is 14.8 Å². The van der Waals surface area contributed by atoms with Gasteiger partial charge in [-0.25, -0.2) is 0 Å². The first-order chi connectivity index (χ1) is 12.5. The molecule has 0 radical (unpaired) electrons. The van der Waals surface area contributed by atoms with Crippen LogP contribution in [0.3, 0.4) is 0 Å². The zero-order valence-corrected chi connectivity index (χ0v) is 15.5. The molecule has 0 unspecified atom stereocenters. The number of carbonyl (C=O) groups is 1. The highest BCUT2D eigenvalue weighted by Gasteiger charge is 2.51. The third kappa shape index (κ3) is 3.13. The van der Waals surface area contributed by atoms with Crippen LogP contribution in [0.25, 0.3) is 0 Å². The molecule has 5 nitrogen and oxygen atoms in total.